The SMILES string of the molecule is Nc1nc2c(c(-c3ccccc3)n1)CCC2. The molecule has 16 heavy (non-hydrogen) atoms. The summed E-state index contributed by atoms with van der Waals surface area (Å²) < 4.78 is 0. The van der Waals surface area contributed by atoms with Crippen LogP contribution in [0.5, 0.6) is 0 Å². The van der Waals surface area contributed by atoms with E-state index in [4.69, 9.17) is 5.73 Å². The highest BCUT2D eigenvalue weighted by Gasteiger charge is 2.19. The van der Waals surface area contributed by atoms with Gasteiger partial charge in [-0.2, -0.15) is 0 Å². The highest BCUT2D eigenvalue weighted by Crippen LogP contribution is 2.30. The standard InChI is InChI=1S/C13H13N3/c14-13-15-11-8-4-7-10(11)12(16-13)9-5-2-1-3-6-9/h1-3,5-6H,4,7-8H2,(H2,14,15,16). The molecule has 2 N–H and O–H groups in total. The predicted molar refractivity (Wildman–Crippen MR) is 63.9 cm³/mol. The Morgan fingerprint density at radius 1 is 1.00 bits per heavy atom. The zero-order valence-corrected chi connectivity index (χ0v) is 8.98. The summed E-state index contributed by atoms with van der Waals surface area (Å²) in [5.41, 5.74) is 10.3. The van der Waals surface area contributed by atoms with E-state index in [1.54, 1.807) is 0 Å². The molecule has 3 rings (SSSR count). The quantitative estimate of drug-likeness (QED) is 0.786. The summed E-state index contributed by atoms with van der Waals surface area (Å²) in [5.74, 6) is 0.388. The van der Waals surface area contributed by atoms with Crippen LogP contribution in [-0.2, 0) is 12.8 Å². The molecule has 3 nitrogen and oxygen atoms in total. The molecule has 0 atom stereocenters. The molecule has 0 unspecified atom stereocenters. The summed E-state index contributed by atoms with van der Waals surface area (Å²) in [6.45, 7) is 0. The van der Waals surface area contributed by atoms with Crippen LogP contribution in [0.2, 0.25) is 0 Å². The van der Waals surface area contributed by atoms with E-state index in [0.29, 0.717) is 5.95 Å². The van der Waals surface area contributed by atoms with Gasteiger partial charge < -0.3 is 5.73 Å². The van der Waals surface area contributed by atoms with Crippen LogP contribution in [0.4, 0.5) is 5.95 Å². The minimum Gasteiger partial charge on any atom is -0.368 e. The molecule has 0 spiro atoms. The molecule has 1 aromatic carbocycles. The fourth-order valence-electron chi connectivity index (χ4n) is 2.29. The Labute approximate surface area is 94.4 Å². The van der Waals surface area contributed by atoms with E-state index < -0.39 is 0 Å². The summed E-state index contributed by atoms with van der Waals surface area (Å²) in [6.07, 6.45) is 3.26. The van der Waals surface area contributed by atoms with Crippen LogP contribution in [0.25, 0.3) is 11.3 Å². The first kappa shape index (κ1) is 9.33. The van der Waals surface area contributed by atoms with Crippen molar-refractivity contribution < 1.29 is 0 Å². The summed E-state index contributed by atoms with van der Waals surface area (Å²) in [6, 6.07) is 10.2. The number of rotatable bonds is 1. The third-order valence-corrected chi connectivity index (χ3v) is 3.00. The summed E-state index contributed by atoms with van der Waals surface area (Å²) in [4.78, 5) is 8.69. The van der Waals surface area contributed by atoms with Crippen LogP contribution in [0.15, 0.2) is 30.3 Å². The van der Waals surface area contributed by atoms with E-state index in [9.17, 15) is 0 Å². The van der Waals surface area contributed by atoms with Crippen molar-refractivity contribution >= 4 is 5.95 Å². The molecule has 1 aromatic heterocycles. The molecule has 1 aliphatic carbocycles. The van der Waals surface area contributed by atoms with Crippen molar-refractivity contribution in [3.8, 4) is 11.3 Å². The second-order valence-electron chi connectivity index (χ2n) is 4.08. The smallest absolute Gasteiger partial charge is 0.220 e. The fourth-order valence-corrected chi connectivity index (χ4v) is 2.29. The molecule has 0 bridgehead atoms. The third-order valence-electron chi connectivity index (χ3n) is 3.00. The lowest BCUT2D eigenvalue weighted by molar-refractivity contribution is 0.900. The Morgan fingerprint density at radius 2 is 1.81 bits per heavy atom. The molecule has 2 aromatic rings. The summed E-state index contributed by atoms with van der Waals surface area (Å²) in [5, 5.41) is 0. The largest absolute Gasteiger partial charge is 0.368 e. The van der Waals surface area contributed by atoms with Gasteiger partial charge in [0.2, 0.25) is 5.95 Å². The van der Waals surface area contributed by atoms with Crippen LogP contribution >= 0.6 is 0 Å². The zero-order chi connectivity index (χ0) is 11.0. The van der Waals surface area contributed by atoms with E-state index >= 15 is 0 Å². The monoisotopic (exact) mass is 211 g/mol. The maximum Gasteiger partial charge on any atom is 0.220 e. The lowest BCUT2D eigenvalue weighted by Crippen LogP contribution is -2.02. The highest BCUT2D eigenvalue weighted by molar-refractivity contribution is 5.65. The van der Waals surface area contributed by atoms with Gasteiger partial charge in [0.05, 0.1) is 5.69 Å². The summed E-state index contributed by atoms with van der Waals surface area (Å²) in [7, 11) is 0. The molecule has 0 radical (unpaired) electrons. The lowest BCUT2D eigenvalue weighted by atomic mass is 10.1. The van der Waals surface area contributed by atoms with Gasteiger partial charge in [-0.05, 0) is 19.3 Å². The number of hydrogen-bond acceptors (Lipinski definition) is 3. The van der Waals surface area contributed by atoms with Crippen LogP contribution in [0.1, 0.15) is 17.7 Å². The van der Waals surface area contributed by atoms with Crippen molar-refractivity contribution in [3.63, 3.8) is 0 Å². The number of nitrogens with two attached hydrogens (primary N) is 1. The maximum atomic E-state index is 5.75. The highest BCUT2D eigenvalue weighted by atomic mass is 15.0. The zero-order valence-electron chi connectivity index (χ0n) is 8.98. The van der Waals surface area contributed by atoms with Gasteiger partial charge in [-0.3, -0.25) is 0 Å². The number of nitrogen functional groups attached to an aromatic ring is 1. The molecule has 0 fully saturated rings. The van der Waals surface area contributed by atoms with E-state index in [1.807, 2.05) is 18.2 Å². The fraction of sp³-hybridized carbons (Fsp3) is 0.231. The first-order valence-electron chi connectivity index (χ1n) is 5.55. The Hall–Kier alpha value is -1.90. The molecule has 0 amide bonds. The molecule has 1 aliphatic rings. The molecule has 80 valence electrons. The Kier molecular flexibility index (Phi) is 2.10. The van der Waals surface area contributed by atoms with Gasteiger partial charge in [0.1, 0.15) is 0 Å². The molecule has 0 saturated heterocycles. The van der Waals surface area contributed by atoms with E-state index in [0.717, 1.165) is 36.2 Å². The van der Waals surface area contributed by atoms with Crippen molar-refractivity contribution in [2.24, 2.45) is 0 Å². The number of aryl methyl sites for hydroxylation is 1. The average Bonchev–Trinajstić information content (AvgIpc) is 2.77. The topological polar surface area (TPSA) is 51.8 Å². The molecule has 0 aliphatic heterocycles. The van der Waals surface area contributed by atoms with Crippen molar-refractivity contribution in [1.82, 2.24) is 9.97 Å². The summed E-state index contributed by atoms with van der Waals surface area (Å²) >= 11 is 0. The van der Waals surface area contributed by atoms with E-state index in [1.165, 1.54) is 5.56 Å². The van der Waals surface area contributed by atoms with Gasteiger partial charge in [0.25, 0.3) is 0 Å². The number of hydrogen-bond donors (Lipinski definition) is 1. The normalized spacial score (nSPS) is 13.8. The second-order valence-corrected chi connectivity index (χ2v) is 4.08. The van der Waals surface area contributed by atoms with Crippen molar-refractivity contribution in [1.29, 1.82) is 0 Å². The van der Waals surface area contributed by atoms with Crippen LogP contribution in [0.3, 0.4) is 0 Å². The lowest BCUT2D eigenvalue weighted by Gasteiger charge is -2.07. The molecular weight excluding hydrogens is 198 g/mol. The molecular formula is C13H13N3. The van der Waals surface area contributed by atoms with Gasteiger partial charge in [0.15, 0.2) is 0 Å². The maximum absolute atomic E-state index is 5.75. The number of aromatic nitrogens is 2. The number of nitrogens with zero attached hydrogens (tertiary/aromatic N) is 2. The second kappa shape index (κ2) is 3.59. The molecule has 3 heteroatoms. The van der Waals surface area contributed by atoms with E-state index in [2.05, 4.69) is 22.1 Å². The Balaban J connectivity index is 2.21. The van der Waals surface area contributed by atoms with Crippen LogP contribution in [-0.4, -0.2) is 9.97 Å². The third kappa shape index (κ3) is 1.45. The van der Waals surface area contributed by atoms with Gasteiger partial charge in [-0.25, -0.2) is 9.97 Å². The predicted octanol–water partition coefficient (Wildman–Crippen LogP) is 2.21. The Bertz CT molecular complexity index is 520. The van der Waals surface area contributed by atoms with Crippen molar-refractivity contribution in [3.05, 3.63) is 41.6 Å². The molecule has 1 heterocycles. The average molecular weight is 211 g/mol. The minimum atomic E-state index is 0.388. The van der Waals surface area contributed by atoms with Gasteiger partial charge >= 0.3 is 0 Å². The number of benzene rings is 1. The molecule has 0 saturated carbocycles. The Morgan fingerprint density at radius 3 is 2.62 bits per heavy atom. The van der Waals surface area contributed by atoms with Crippen molar-refractivity contribution in [2.45, 2.75) is 19.3 Å². The van der Waals surface area contributed by atoms with Crippen LogP contribution in [0, 0.1) is 0 Å². The first-order valence-corrected chi connectivity index (χ1v) is 5.55. The van der Waals surface area contributed by atoms with Gasteiger partial charge in [0, 0.05) is 16.8 Å². The van der Waals surface area contributed by atoms with Gasteiger partial charge in [-0.1, -0.05) is 30.3 Å². The van der Waals surface area contributed by atoms with E-state index in [-0.39, 0.29) is 0 Å². The minimum absolute atomic E-state index is 0.388. The van der Waals surface area contributed by atoms with Gasteiger partial charge in [-0.15, -0.1) is 0 Å². The van der Waals surface area contributed by atoms with Crippen molar-refractivity contribution in [2.75, 3.05) is 5.73 Å². The number of fused-ring (bicyclic) bond motifs is 1. The first-order chi connectivity index (χ1) is 7.84. The number of anilines is 1. The van der Waals surface area contributed by atoms with Crippen LogP contribution < -0.4 is 5.73 Å².